The molecule has 0 saturated carbocycles. The Balaban J connectivity index is 1.64. The highest BCUT2D eigenvalue weighted by molar-refractivity contribution is 6.06. The Morgan fingerprint density at radius 2 is 1.92 bits per heavy atom. The van der Waals surface area contributed by atoms with Gasteiger partial charge in [0.05, 0.1) is 34.3 Å². The van der Waals surface area contributed by atoms with Gasteiger partial charge in [0.1, 0.15) is 0 Å². The number of rotatable bonds is 3. The van der Waals surface area contributed by atoms with Crippen LogP contribution in [0.25, 0.3) is 16.7 Å². The molecule has 0 unspecified atom stereocenters. The molecule has 0 spiro atoms. The van der Waals surface area contributed by atoms with Crippen molar-refractivity contribution in [1.29, 1.82) is 0 Å². The Bertz CT molecular complexity index is 1170. The Hall–Kier alpha value is -3.61. The van der Waals surface area contributed by atoms with Crippen LogP contribution in [-0.2, 0) is 7.05 Å². The summed E-state index contributed by atoms with van der Waals surface area (Å²) in [5, 5.41) is 7.24. The Morgan fingerprint density at radius 3 is 2.69 bits per heavy atom. The first-order valence-electron chi connectivity index (χ1n) is 8.15. The molecule has 1 amide bonds. The highest BCUT2D eigenvalue weighted by Crippen LogP contribution is 2.20. The normalized spacial score (nSPS) is 11.0. The van der Waals surface area contributed by atoms with Crippen molar-refractivity contribution in [3.05, 3.63) is 76.5 Å². The number of benzene rings is 2. The third kappa shape index (κ3) is 2.59. The average molecular weight is 347 g/mol. The lowest BCUT2D eigenvalue weighted by molar-refractivity contribution is 0.102. The lowest BCUT2D eigenvalue weighted by Crippen LogP contribution is -2.13. The van der Waals surface area contributed by atoms with Gasteiger partial charge in [-0.05, 0) is 37.3 Å². The molecule has 0 aliphatic heterocycles. The monoisotopic (exact) mass is 347 g/mol. The van der Waals surface area contributed by atoms with Crippen LogP contribution in [0.3, 0.4) is 0 Å². The predicted molar refractivity (Wildman–Crippen MR) is 99.8 cm³/mol. The fraction of sp³-hybridized carbons (Fsp3) is 0.105. The second kappa shape index (κ2) is 6.03. The van der Waals surface area contributed by atoms with Crippen LogP contribution in [0, 0.1) is 6.92 Å². The molecule has 7 nitrogen and oxygen atoms in total. The van der Waals surface area contributed by atoms with E-state index in [2.05, 4.69) is 15.4 Å². The van der Waals surface area contributed by atoms with Gasteiger partial charge in [-0.3, -0.25) is 9.36 Å². The molecule has 0 aliphatic rings. The van der Waals surface area contributed by atoms with Crippen LogP contribution in [0.2, 0.25) is 0 Å². The molecule has 7 heteroatoms. The number of hydrogen-bond donors (Lipinski definition) is 2. The van der Waals surface area contributed by atoms with Crippen LogP contribution in [0.1, 0.15) is 16.1 Å². The molecule has 0 bridgehead atoms. The van der Waals surface area contributed by atoms with Crippen LogP contribution in [0.4, 0.5) is 5.69 Å². The van der Waals surface area contributed by atoms with Gasteiger partial charge in [0.2, 0.25) is 0 Å². The fourth-order valence-electron chi connectivity index (χ4n) is 2.92. The van der Waals surface area contributed by atoms with Gasteiger partial charge in [-0.1, -0.05) is 18.2 Å². The molecule has 26 heavy (non-hydrogen) atoms. The molecule has 4 rings (SSSR count). The topological polar surface area (TPSA) is 84.7 Å². The number of aromatic nitrogens is 4. The molecule has 2 aromatic carbocycles. The highest BCUT2D eigenvalue weighted by Gasteiger charge is 2.14. The number of aromatic amines is 1. The van der Waals surface area contributed by atoms with Crippen molar-refractivity contribution < 1.29 is 4.79 Å². The first-order valence-corrected chi connectivity index (χ1v) is 8.15. The molecule has 0 atom stereocenters. The van der Waals surface area contributed by atoms with E-state index in [0.29, 0.717) is 22.3 Å². The lowest BCUT2D eigenvalue weighted by atomic mass is 10.2. The predicted octanol–water partition coefficient (Wildman–Crippen LogP) is 2.61. The summed E-state index contributed by atoms with van der Waals surface area (Å²) in [6.07, 6.45) is 1.63. The number of carbonyl (C=O) groups is 1. The van der Waals surface area contributed by atoms with E-state index in [1.54, 1.807) is 36.1 Å². The molecule has 0 aliphatic carbocycles. The van der Waals surface area contributed by atoms with E-state index in [9.17, 15) is 9.59 Å². The average Bonchev–Trinajstić information content (AvgIpc) is 3.15. The maximum Gasteiger partial charge on any atom is 0.326 e. The molecule has 130 valence electrons. The highest BCUT2D eigenvalue weighted by atomic mass is 16.2. The van der Waals surface area contributed by atoms with Gasteiger partial charge in [0, 0.05) is 12.6 Å². The van der Waals surface area contributed by atoms with Crippen molar-refractivity contribution >= 4 is 22.6 Å². The summed E-state index contributed by atoms with van der Waals surface area (Å²) >= 11 is 0. The van der Waals surface area contributed by atoms with E-state index in [4.69, 9.17) is 0 Å². The molecule has 2 heterocycles. The molecule has 2 N–H and O–H groups in total. The van der Waals surface area contributed by atoms with E-state index in [-0.39, 0.29) is 11.6 Å². The van der Waals surface area contributed by atoms with E-state index < -0.39 is 0 Å². The van der Waals surface area contributed by atoms with Crippen LogP contribution < -0.4 is 11.0 Å². The summed E-state index contributed by atoms with van der Waals surface area (Å²) < 4.78 is 3.25. The summed E-state index contributed by atoms with van der Waals surface area (Å²) in [5.41, 5.74) is 4.04. The first kappa shape index (κ1) is 15.9. The van der Waals surface area contributed by atoms with E-state index >= 15 is 0 Å². The van der Waals surface area contributed by atoms with E-state index in [1.807, 2.05) is 37.3 Å². The summed E-state index contributed by atoms with van der Waals surface area (Å²) in [6.45, 7) is 1.90. The van der Waals surface area contributed by atoms with Gasteiger partial charge in [0.15, 0.2) is 0 Å². The number of aryl methyl sites for hydroxylation is 1. The zero-order chi connectivity index (χ0) is 18.3. The van der Waals surface area contributed by atoms with Gasteiger partial charge < -0.3 is 10.3 Å². The van der Waals surface area contributed by atoms with Crippen molar-refractivity contribution in [2.45, 2.75) is 6.92 Å². The maximum atomic E-state index is 12.6. The Kier molecular flexibility index (Phi) is 3.69. The minimum Gasteiger partial charge on any atom is -0.319 e. The third-order valence-corrected chi connectivity index (χ3v) is 4.43. The smallest absolute Gasteiger partial charge is 0.319 e. The van der Waals surface area contributed by atoms with Crippen molar-refractivity contribution in [1.82, 2.24) is 19.3 Å². The first-order chi connectivity index (χ1) is 12.5. The van der Waals surface area contributed by atoms with Crippen LogP contribution in [-0.4, -0.2) is 25.2 Å². The number of amides is 1. The number of H-pyrrole nitrogens is 1. The number of fused-ring (bicyclic) bond motifs is 1. The summed E-state index contributed by atoms with van der Waals surface area (Å²) in [7, 11) is 1.66. The lowest BCUT2D eigenvalue weighted by Gasteiger charge is -2.07. The standard InChI is InChI=1S/C19H17N5O2/c1-12-16(11-20-24(12)14-6-4-3-5-7-14)21-18(25)13-8-9-15-17(10-13)23(2)19(26)22-15/h3-11H,1-2H3,(H,21,25)(H,22,26). The second-order valence-electron chi connectivity index (χ2n) is 6.07. The number of imidazole rings is 1. The number of carbonyl (C=O) groups excluding carboxylic acids is 1. The van der Waals surface area contributed by atoms with Crippen LogP contribution >= 0.6 is 0 Å². The van der Waals surface area contributed by atoms with Crippen molar-refractivity contribution in [3.8, 4) is 5.69 Å². The summed E-state index contributed by atoms with van der Waals surface area (Å²) in [5.74, 6) is -0.253. The molecule has 0 fully saturated rings. The van der Waals surface area contributed by atoms with Crippen molar-refractivity contribution in [2.24, 2.45) is 7.05 Å². The minimum absolute atomic E-state index is 0.211. The number of nitrogens with one attached hydrogen (secondary N) is 2. The van der Waals surface area contributed by atoms with Crippen molar-refractivity contribution in [2.75, 3.05) is 5.32 Å². The van der Waals surface area contributed by atoms with Gasteiger partial charge in [-0.25, -0.2) is 9.48 Å². The van der Waals surface area contributed by atoms with Gasteiger partial charge in [0.25, 0.3) is 5.91 Å². The van der Waals surface area contributed by atoms with Gasteiger partial charge in [-0.15, -0.1) is 0 Å². The zero-order valence-electron chi connectivity index (χ0n) is 14.4. The number of nitrogens with zero attached hydrogens (tertiary/aromatic N) is 3. The van der Waals surface area contributed by atoms with E-state index in [0.717, 1.165) is 11.4 Å². The van der Waals surface area contributed by atoms with E-state index in [1.165, 1.54) is 4.57 Å². The quantitative estimate of drug-likeness (QED) is 0.597. The minimum atomic E-state index is -0.253. The van der Waals surface area contributed by atoms with Gasteiger partial charge in [-0.2, -0.15) is 5.10 Å². The second-order valence-corrected chi connectivity index (χ2v) is 6.07. The van der Waals surface area contributed by atoms with Crippen molar-refractivity contribution in [3.63, 3.8) is 0 Å². The molecular formula is C19H17N5O2. The Morgan fingerprint density at radius 1 is 1.15 bits per heavy atom. The zero-order valence-corrected chi connectivity index (χ0v) is 14.4. The number of hydrogen-bond acceptors (Lipinski definition) is 3. The van der Waals surface area contributed by atoms with Crippen LogP contribution in [0.15, 0.2) is 59.5 Å². The fourth-order valence-corrected chi connectivity index (χ4v) is 2.92. The Labute approximate surface area is 148 Å². The number of para-hydroxylation sites is 1. The van der Waals surface area contributed by atoms with Crippen LogP contribution in [0.5, 0.6) is 0 Å². The molecule has 0 radical (unpaired) electrons. The molecule has 4 aromatic rings. The molecule has 2 aromatic heterocycles. The molecule has 0 saturated heterocycles. The largest absolute Gasteiger partial charge is 0.326 e. The molecular weight excluding hydrogens is 330 g/mol. The SMILES string of the molecule is Cc1c(NC(=O)c2ccc3[nH]c(=O)n(C)c3c2)cnn1-c1ccccc1. The number of anilines is 1. The van der Waals surface area contributed by atoms with Gasteiger partial charge >= 0.3 is 5.69 Å². The third-order valence-electron chi connectivity index (χ3n) is 4.43. The summed E-state index contributed by atoms with van der Waals surface area (Å²) in [4.78, 5) is 27.1. The maximum absolute atomic E-state index is 12.6. The summed E-state index contributed by atoms with van der Waals surface area (Å²) in [6, 6.07) is 14.8.